The highest BCUT2D eigenvalue weighted by Gasteiger charge is 2.03. The maximum absolute atomic E-state index is 6.82. The Balaban J connectivity index is -0.000000320. The van der Waals surface area contributed by atoms with Gasteiger partial charge in [0.1, 0.15) is 1.12 Å². The Morgan fingerprint density at radius 2 is 1.90 bits per heavy atom. The molecule has 0 aromatic rings. The SMILES string of the molecule is C.[3H]SCCC[N+](C)(C)C.[Br-]. The van der Waals surface area contributed by atoms with Gasteiger partial charge in [-0.05, 0) is 5.75 Å². The van der Waals surface area contributed by atoms with Gasteiger partial charge < -0.3 is 21.5 Å². The van der Waals surface area contributed by atoms with Crippen LogP contribution in [0.15, 0.2) is 0 Å². The van der Waals surface area contributed by atoms with Gasteiger partial charge in [-0.2, -0.15) is 12.5 Å². The Kier molecular flexibility index (Phi) is 10.6. The van der Waals surface area contributed by atoms with Crippen LogP contribution in [0.1, 0.15) is 13.8 Å². The number of thiol groups is 1. The molecule has 0 bridgehead atoms. The highest BCUT2D eigenvalue weighted by Crippen LogP contribution is 1.93. The lowest BCUT2D eigenvalue weighted by atomic mass is 10.4. The molecule has 0 fully saturated rings. The molecule has 66 valence electrons. The molecule has 0 heterocycles. The van der Waals surface area contributed by atoms with Crippen molar-refractivity contribution in [3.63, 3.8) is 0 Å². The summed E-state index contributed by atoms with van der Waals surface area (Å²) in [5.41, 5.74) is 0. The average Bonchev–Trinajstić information content (AvgIpc) is 1.63. The van der Waals surface area contributed by atoms with E-state index in [0.717, 1.165) is 16.7 Å². The zero-order valence-electron chi connectivity index (χ0n) is 7.35. The molecule has 0 unspecified atom stereocenters. The second-order valence-corrected chi connectivity index (χ2v) is 3.48. The highest BCUT2D eigenvalue weighted by atomic mass is 79.9. The van der Waals surface area contributed by atoms with Crippen molar-refractivity contribution in [1.29, 1.82) is 1.12 Å². The molecule has 0 N–H and O–H groups in total. The van der Waals surface area contributed by atoms with Gasteiger partial charge in [-0.25, -0.2) is 0 Å². The Bertz CT molecular complexity index is 75.3. The van der Waals surface area contributed by atoms with Crippen molar-refractivity contribution < 1.29 is 21.5 Å². The van der Waals surface area contributed by atoms with Gasteiger partial charge in [-0.15, -0.1) is 0 Å². The fourth-order valence-corrected chi connectivity index (χ4v) is 0.668. The molecule has 0 aliphatic heterocycles. The minimum atomic E-state index is 0. The number of nitrogens with zero attached hydrogens (tertiary/aromatic N) is 1. The third-order valence-electron chi connectivity index (χ3n) is 0.973. The zero-order valence-corrected chi connectivity index (χ0v) is 8.76. The molecular weight excluding hydrogens is 210 g/mol. The van der Waals surface area contributed by atoms with Crippen molar-refractivity contribution in [2.24, 2.45) is 0 Å². The molecule has 0 saturated carbocycles. The van der Waals surface area contributed by atoms with Gasteiger partial charge in [0.25, 0.3) is 0 Å². The first kappa shape index (κ1) is 13.4. The van der Waals surface area contributed by atoms with E-state index in [1.54, 1.807) is 0 Å². The Morgan fingerprint density at radius 1 is 1.40 bits per heavy atom. The van der Waals surface area contributed by atoms with E-state index < -0.39 is 0 Å². The van der Waals surface area contributed by atoms with Crippen LogP contribution in [0.4, 0.5) is 0 Å². The van der Waals surface area contributed by atoms with E-state index in [1.165, 1.54) is 19.1 Å². The summed E-state index contributed by atoms with van der Waals surface area (Å²) >= 11 is 1.18. The van der Waals surface area contributed by atoms with Gasteiger partial charge in [-0.3, -0.25) is 0 Å². The quantitative estimate of drug-likeness (QED) is 0.346. The monoisotopic (exact) mass is 231 g/mol. The first-order valence-corrected chi connectivity index (χ1v) is 3.52. The smallest absolute Gasteiger partial charge is 0.102 e. The van der Waals surface area contributed by atoms with E-state index in [1.807, 2.05) is 0 Å². The molecule has 3 heteroatoms. The van der Waals surface area contributed by atoms with Crippen molar-refractivity contribution >= 4 is 12.5 Å². The first-order chi connectivity index (χ1) is 4.06. The van der Waals surface area contributed by atoms with Gasteiger partial charge in [0.2, 0.25) is 0 Å². The normalized spacial score (nSPS) is 10.9. The second kappa shape index (κ2) is 7.89. The zero-order chi connectivity index (χ0) is 7.33. The van der Waals surface area contributed by atoms with Crippen LogP contribution in [0.2, 0.25) is 0 Å². The molecule has 0 aliphatic carbocycles. The van der Waals surface area contributed by atoms with Gasteiger partial charge in [0.05, 0.1) is 27.7 Å². The number of rotatable bonds is 4. The summed E-state index contributed by atoms with van der Waals surface area (Å²) in [6.07, 6.45) is 1.15. The summed E-state index contributed by atoms with van der Waals surface area (Å²) < 4.78 is 7.83. The molecule has 0 radical (unpaired) electrons. The summed E-state index contributed by atoms with van der Waals surface area (Å²) in [6.45, 7) is 1.17. The lowest BCUT2D eigenvalue weighted by molar-refractivity contribution is -0.870. The van der Waals surface area contributed by atoms with Gasteiger partial charge in [-0.1, -0.05) is 7.43 Å². The maximum Gasteiger partial charge on any atom is 0.102 e. The predicted octanol–water partition coefficient (Wildman–Crippen LogP) is -1.35. The molecule has 0 spiro atoms. The van der Waals surface area contributed by atoms with E-state index in [0.29, 0.717) is 0 Å². The number of halogens is 1. The maximum atomic E-state index is 6.82. The second-order valence-electron chi connectivity index (χ2n) is 3.07. The van der Waals surface area contributed by atoms with Crippen LogP contribution in [0.3, 0.4) is 0 Å². The van der Waals surface area contributed by atoms with Crippen LogP contribution in [0, 0.1) is 0 Å². The summed E-state index contributed by atoms with van der Waals surface area (Å²) in [6, 6.07) is 0. The molecular formula is C7H20BrNS. The van der Waals surface area contributed by atoms with Crippen LogP contribution < -0.4 is 17.0 Å². The van der Waals surface area contributed by atoms with E-state index in [-0.39, 0.29) is 24.4 Å². The van der Waals surface area contributed by atoms with Gasteiger partial charge in [0, 0.05) is 6.42 Å². The average molecular weight is 232 g/mol. The molecule has 0 atom stereocenters. The molecule has 10 heavy (non-hydrogen) atoms. The molecule has 0 saturated heterocycles. The van der Waals surface area contributed by atoms with Crippen molar-refractivity contribution in [3.8, 4) is 0 Å². The lowest BCUT2D eigenvalue weighted by Gasteiger charge is -2.23. The Hall–Kier alpha value is 0.790. The highest BCUT2D eigenvalue weighted by molar-refractivity contribution is 7.80. The van der Waals surface area contributed by atoms with Crippen molar-refractivity contribution in [1.82, 2.24) is 0 Å². The summed E-state index contributed by atoms with van der Waals surface area (Å²) in [4.78, 5) is 0. The van der Waals surface area contributed by atoms with E-state index in [2.05, 4.69) is 21.1 Å². The molecule has 0 aliphatic rings. The van der Waals surface area contributed by atoms with Crippen LogP contribution in [0.5, 0.6) is 0 Å². The lowest BCUT2D eigenvalue weighted by Crippen LogP contribution is -3.00. The minimum Gasteiger partial charge on any atom is -1.00 e. The van der Waals surface area contributed by atoms with Crippen LogP contribution in [-0.2, 0) is 0 Å². The van der Waals surface area contributed by atoms with Crippen LogP contribution in [0.25, 0.3) is 0 Å². The van der Waals surface area contributed by atoms with Gasteiger partial charge in [0.15, 0.2) is 0 Å². The Morgan fingerprint density at radius 3 is 2.20 bits per heavy atom. The van der Waals surface area contributed by atoms with E-state index >= 15 is 0 Å². The fraction of sp³-hybridized carbons (Fsp3) is 1.00. The largest absolute Gasteiger partial charge is 1.00 e. The summed E-state index contributed by atoms with van der Waals surface area (Å²) in [5, 5.41) is 0. The number of quaternary nitrogens is 1. The molecule has 0 rings (SSSR count). The van der Waals surface area contributed by atoms with Crippen LogP contribution >= 0.6 is 12.5 Å². The summed E-state index contributed by atoms with van der Waals surface area (Å²) in [5.74, 6) is 0.968. The van der Waals surface area contributed by atoms with Crippen molar-refractivity contribution in [3.05, 3.63) is 0 Å². The molecule has 0 aromatic heterocycles. The first-order valence-electron chi connectivity index (χ1n) is 3.35. The van der Waals surface area contributed by atoms with Crippen LogP contribution in [-0.4, -0.2) is 39.0 Å². The molecule has 0 aromatic carbocycles. The van der Waals surface area contributed by atoms with Gasteiger partial charge >= 0.3 is 0 Å². The fourth-order valence-electron chi connectivity index (χ4n) is 0.539. The third kappa shape index (κ3) is 15.9. The Labute approximate surface area is 82.7 Å². The topological polar surface area (TPSA) is 0 Å². The number of hydrogen-bond acceptors (Lipinski definition) is 1. The van der Waals surface area contributed by atoms with Crippen molar-refractivity contribution in [2.75, 3.05) is 33.4 Å². The van der Waals surface area contributed by atoms with Crippen molar-refractivity contribution in [2.45, 2.75) is 13.8 Å². The standard InChI is InChI=1S/C6H15NS.CH4.BrH/c1-7(2,3)5-4-6-8;;/h4-6H2,1-3H3;1H4;1H/i/hT. The summed E-state index contributed by atoms with van der Waals surface area (Å²) in [7, 11) is 6.53. The predicted molar refractivity (Wildman–Crippen MR) is 48.1 cm³/mol. The number of hydrogen-bond donors (Lipinski definition) is 1. The molecule has 1 nitrogen and oxygen atoms in total. The van der Waals surface area contributed by atoms with E-state index in [9.17, 15) is 0 Å². The minimum absolute atomic E-state index is 0. The van der Waals surface area contributed by atoms with E-state index in [4.69, 9.17) is 1.12 Å². The third-order valence-corrected chi connectivity index (χ3v) is 1.26. The molecule has 0 amide bonds.